The molecule has 3 saturated heterocycles. The van der Waals surface area contributed by atoms with E-state index < -0.39 is 11.9 Å². The lowest BCUT2D eigenvalue weighted by atomic mass is 9.96. The highest BCUT2D eigenvalue weighted by atomic mass is 35.5. The maximum Gasteiger partial charge on any atom is 0.407 e. The van der Waals surface area contributed by atoms with Crippen LogP contribution in [0.15, 0.2) is 36.5 Å². The minimum absolute atomic E-state index is 0.0178. The molecule has 0 bridgehead atoms. The Morgan fingerprint density at radius 2 is 2.02 bits per heavy atom. The first kappa shape index (κ1) is 28.8. The molecule has 0 spiro atoms. The van der Waals surface area contributed by atoms with E-state index in [-0.39, 0.29) is 42.1 Å². The molecule has 3 atom stereocenters. The van der Waals surface area contributed by atoms with Gasteiger partial charge in [-0.05, 0) is 56.4 Å². The van der Waals surface area contributed by atoms with E-state index in [1.165, 1.54) is 12.0 Å². The van der Waals surface area contributed by atoms with E-state index in [1.807, 2.05) is 23.1 Å². The third-order valence-electron chi connectivity index (χ3n) is 9.03. The van der Waals surface area contributed by atoms with Gasteiger partial charge in [0.25, 0.3) is 0 Å². The summed E-state index contributed by atoms with van der Waals surface area (Å²) in [6.45, 7) is 2.26. The normalized spacial score (nSPS) is 21.6. The number of hydrogen-bond acceptors (Lipinski definition) is 9. The Balaban J connectivity index is 1.34. The van der Waals surface area contributed by atoms with Crippen molar-refractivity contribution in [1.29, 1.82) is 0 Å². The number of anilines is 1. The van der Waals surface area contributed by atoms with Gasteiger partial charge in [-0.25, -0.2) is 9.18 Å². The van der Waals surface area contributed by atoms with Crippen LogP contribution in [0.2, 0.25) is 5.02 Å². The second-order valence-electron chi connectivity index (χ2n) is 11.5. The first-order valence-electron chi connectivity index (χ1n) is 14.6. The van der Waals surface area contributed by atoms with Crippen molar-refractivity contribution in [2.24, 2.45) is 0 Å². The Hall–Kier alpha value is -4.00. The standard InChI is InChI=1S/C31H32ClFN6O5/c1-37-9-4-6-18(37)15-43-30-35-28-21(29(36-30)39-14-24-23(39)8-10-38(24)31(40)41)13-34-27(26(28)33)20-12-19(44-16-42-2)11-17-5-3-7-22(32)25(17)20/h3,5,7,11-13,18,23-24H,4,6,8-10,14-16H2,1-2H3,(H,40,41)/t18-,23+,24+/m0/s1. The van der Waals surface area contributed by atoms with Crippen LogP contribution >= 0.6 is 11.6 Å². The van der Waals surface area contributed by atoms with E-state index in [0.29, 0.717) is 59.0 Å². The van der Waals surface area contributed by atoms with Crippen molar-refractivity contribution in [2.75, 3.05) is 52.1 Å². The van der Waals surface area contributed by atoms with E-state index in [2.05, 4.69) is 21.9 Å². The maximum atomic E-state index is 16.8. The van der Waals surface area contributed by atoms with Gasteiger partial charge in [0.05, 0.1) is 17.5 Å². The second-order valence-corrected chi connectivity index (χ2v) is 11.9. The molecule has 1 N–H and O–H groups in total. The predicted octanol–water partition coefficient (Wildman–Crippen LogP) is 5.03. The number of benzene rings is 2. The second kappa shape index (κ2) is 11.5. The third kappa shape index (κ3) is 4.90. The maximum absolute atomic E-state index is 16.8. The summed E-state index contributed by atoms with van der Waals surface area (Å²) >= 11 is 6.64. The fraction of sp³-hybridized carbons (Fsp3) is 0.419. The lowest BCUT2D eigenvalue weighted by Gasteiger charge is -2.47. The zero-order chi connectivity index (χ0) is 30.5. The van der Waals surface area contributed by atoms with Crippen LogP contribution < -0.4 is 14.4 Å². The summed E-state index contributed by atoms with van der Waals surface area (Å²) in [6, 6.07) is 9.02. The molecule has 1 amide bonds. The molecule has 0 saturated carbocycles. The van der Waals surface area contributed by atoms with Crippen LogP contribution in [0.1, 0.15) is 19.3 Å². The van der Waals surface area contributed by atoms with E-state index in [1.54, 1.807) is 18.3 Å². The fourth-order valence-corrected chi connectivity index (χ4v) is 6.99. The van der Waals surface area contributed by atoms with Crippen LogP contribution in [0.4, 0.5) is 15.0 Å². The van der Waals surface area contributed by atoms with Crippen LogP contribution in [0.5, 0.6) is 11.8 Å². The number of rotatable bonds is 8. The number of likely N-dealkylation sites (N-methyl/N-ethyl adjacent to an activating group) is 1. The number of halogens is 2. The molecule has 4 aromatic rings. The van der Waals surface area contributed by atoms with Crippen molar-refractivity contribution in [3.05, 3.63) is 47.4 Å². The number of nitrogens with zero attached hydrogens (tertiary/aromatic N) is 6. The topological polar surface area (TPSA) is 113 Å². The highest BCUT2D eigenvalue weighted by molar-refractivity contribution is 6.36. The van der Waals surface area contributed by atoms with Crippen molar-refractivity contribution in [3.63, 3.8) is 0 Å². The number of carboxylic acid groups (broad SMARTS) is 1. The first-order valence-corrected chi connectivity index (χ1v) is 15.0. The van der Waals surface area contributed by atoms with Crippen LogP contribution in [0.25, 0.3) is 32.9 Å². The molecular weight excluding hydrogens is 591 g/mol. The summed E-state index contributed by atoms with van der Waals surface area (Å²) in [7, 11) is 3.58. The first-order chi connectivity index (χ1) is 21.3. The smallest absolute Gasteiger partial charge is 0.407 e. The molecule has 13 heteroatoms. The van der Waals surface area contributed by atoms with Gasteiger partial charge in [0, 0.05) is 48.4 Å². The van der Waals surface area contributed by atoms with Crippen molar-refractivity contribution in [3.8, 4) is 23.0 Å². The molecule has 11 nitrogen and oxygen atoms in total. The number of likely N-dealkylation sites (tertiary alicyclic amines) is 2. The number of ether oxygens (including phenoxy) is 3. The van der Waals surface area contributed by atoms with E-state index in [0.717, 1.165) is 24.8 Å². The number of amides is 1. The number of aromatic nitrogens is 3. The van der Waals surface area contributed by atoms with Gasteiger partial charge in [0.1, 0.15) is 29.4 Å². The van der Waals surface area contributed by atoms with Gasteiger partial charge < -0.3 is 34.0 Å². The number of fused-ring (bicyclic) bond motifs is 3. The van der Waals surface area contributed by atoms with Crippen LogP contribution in [-0.4, -0.2) is 101 Å². The zero-order valence-corrected chi connectivity index (χ0v) is 25.1. The molecule has 7 rings (SSSR count). The molecule has 3 fully saturated rings. The largest absolute Gasteiger partial charge is 0.468 e. The van der Waals surface area contributed by atoms with Crippen LogP contribution in [0, 0.1) is 5.82 Å². The highest BCUT2D eigenvalue weighted by Crippen LogP contribution is 2.42. The number of hydrogen-bond donors (Lipinski definition) is 1. The molecule has 230 valence electrons. The van der Waals surface area contributed by atoms with Gasteiger partial charge in [0.2, 0.25) is 0 Å². The Labute approximate surface area is 258 Å². The molecule has 0 unspecified atom stereocenters. The molecule has 44 heavy (non-hydrogen) atoms. The molecular formula is C31H32ClFN6O5. The van der Waals surface area contributed by atoms with Crippen molar-refractivity contribution in [2.45, 2.75) is 37.4 Å². The van der Waals surface area contributed by atoms with Gasteiger partial charge in [-0.1, -0.05) is 23.7 Å². The molecule has 3 aliphatic heterocycles. The summed E-state index contributed by atoms with van der Waals surface area (Å²) in [5.41, 5.74) is 0.574. The Morgan fingerprint density at radius 3 is 2.80 bits per heavy atom. The average Bonchev–Trinajstić information content (AvgIpc) is 3.57. The van der Waals surface area contributed by atoms with Gasteiger partial charge in [-0.2, -0.15) is 9.97 Å². The quantitative estimate of drug-likeness (QED) is 0.268. The number of carbonyl (C=O) groups is 1. The van der Waals surface area contributed by atoms with E-state index in [4.69, 9.17) is 30.8 Å². The molecule has 0 radical (unpaired) electrons. The van der Waals surface area contributed by atoms with E-state index in [9.17, 15) is 9.90 Å². The summed E-state index contributed by atoms with van der Waals surface area (Å²) < 4.78 is 33.7. The van der Waals surface area contributed by atoms with E-state index >= 15 is 4.39 Å². The SMILES string of the molecule is COCOc1cc(-c2ncc3c(N4C[C@@H]5[C@H]4CCN5C(=O)O)nc(OC[C@@H]4CCCN4C)nc3c2F)c2c(Cl)cccc2c1. The molecule has 3 aliphatic rings. The Bertz CT molecular complexity index is 1760. The fourth-order valence-electron chi connectivity index (χ4n) is 6.71. The number of pyridine rings is 1. The zero-order valence-electron chi connectivity index (χ0n) is 24.4. The van der Waals surface area contributed by atoms with Gasteiger partial charge >= 0.3 is 12.1 Å². The highest BCUT2D eigenvalue weighted by Gasteiger charge is 2.50. The molecule has 2 aromatic heterocycles. The Morgan fingerprint density at radius 1 is 1.16 bits per heavy atom. The molecule has 0 aliphatic carbocycles. The molecule has 5 heterocycles. The number of methoxy groups -OCH3 is 1. The predicted molar refractivity (Wildman–Crippen MR) is 163 cm³/mol. The van der Waals surface area contributed by atoms with Crippen LogP contribution in [0.3, 0.4) is 0 Å². The van der Waals surface area contributed by atoms with Crippen molar-refractivity contribution in [1.82, 2.24) is 24.8 Å². The monoisotopic (exact) mass is 622 g/mol. The van der Waals surface area contributed by atoms with Crippen molar-refractivity contribution >= 4 is 45.2 Å². The summed E-state index contributed by atoms with van der Waals surface area (Å²) in [5, 5.41) is 11.9. The van der Waals surface area contributed by atoms with Gasteiger partial charge in [0.15, 0.2) is 12.6 Å². The average molecular weight is 623 g/mol. The summed E-state index contributed by atoms with van der Waals surface area (Å²) in [5.74, 6) is 0.313. The van der Waals surface area contributed by atoms with Crippen LogP contribution in [-0.2, 0) is 4.74 Å². The third-order valence-corrected chi connectivity index (χ3v) is 9.35. The van der Waals surface area contributed by atoms with Gasteiger partial charge in [-0.15, -0.1) is 0 Å². The Kier molecular flexibility index (Phi) is 7.51. The minimum atomic E-state index is -0.936. The summed E-state index contributed by atoms with van der Waals surface area (Å²) in [4.78, 5) is 31.3. The lowest BCUT2D eigenvalue weighted by Crippen LogP contribution is -2.63. The van der Waals surface area contributed by atoms with Gasteiger partial charge in [-0.3, -0.25) is 4.98 Å². The molecule has 2 aromatic carbocycles. The minimum Gasteiger partial charge on any atom is -0.468 e. The lowest BCUT2D eigenvalue weighted by molar-refractivity contribution is 0.0512. The summed E-state index contributed by atoms with van der Waals surface area (Å²) in [6.07, 6.45) is 3.36. The van der Waals surface area contributed by atoms with Crippen molar-refractivity contribution < 1.29 is 28.5 Å².